The predicted octanol–water partition coefficient (Wildman–Crippen LogP) is 2.78. The molecule has 0 aromatic rings. The highest BCUT2D eigenvalue weighted by Crippen LogP contribution is 2.36. The molecule has 0 aromatic carbocycles. The van der Waals surface area contributed by atoms with E-state index < -0.39 is 0 Å². The Kier molecular flexibility index (Phi) is 6.79. The van der Waals surface area contributed by atoms with Gasteiger partial charge in [-0.25, -0.2) is 0 Å². The van der Waals surface area contributed by atoms with Gasteiger partial charge in [0.1, 0.15) is 0 Å². The topological polar surface area (TPSA) is 35.5 Å². The zero-order valence-corrected chi connectivity index (χ0v) is 13.4. The van der Waals surface area contributed by atoms with E-state index in [1.165, 1.54) is 77.3 Å². The third-order valence-corrected chi connectivity index (χ3v) is 5.46. The Labute approximate surface area is 125 Å². The van der Waals surface area contributed by atoms with Crippen molar-refractivity contribution in [1.82, 2.24) is 10.2 Å². The predicted molar refractivity (Wildman–Crippen MR) is 85.0 cm³/mol. The van der Waals surface area contributed by atoms with E-state index in [4.69, 9.17) is 0 Å². The van der Waals surface area contributed by atoms with Crippen LogP contribution in [0.2, 0.25) is 0 Å². The summed E-state index contributed by atoms with van der Waals surface area (Å²) < 4.78 is 0. The average molecular weight is 282 g/mol. The first-order valence-corrected chi connectivity index (χ1v) is 8.79. The Bertz CT molecular complexity index is 262. The number of aliphatic hydroxyl groups is 1. The molecular weight excluding hydrogens is 248 g/mol. The zero-order chi connectivity index (χ0) is 14.3. The number of aliphatic hydroxyl groups excluding tert-OH is 1. The molecule has 0 radical (unpaired) electrons. The van der Waals surface area contributed by atoms with Crippen LogP contribution in [0.1, 0.15) is 64.2 Å². The Hall–Kier alpha value is -0.120. The molecule has 2 rings (SSSR count). The summed E-state index contributed by atoms with van der Waals surface area (Å²) in [7, 11) is 2.10. The summed E-state index contributed by atoms with van der Waals surface area (Å²) in [6.45, 7) is 3.87. The highest BCUT2D eigenvalue weighted by Gasteiger charge is 2.34. The fourth-order valence-corrected chi connectivity index (χ4v) is 4.33. The molecule has 3 heteroatoms. The number of likely N-dealkylation sites (tertiary alicyclic amines) is 1. The van der Waals surface area contributed by atoms with Crippen LogP contribution < -0.4 is 5.32 Å². The molecule has 1 saturated heterocycles. The zero-order valence-electron chi connectivity index (χ0n) is 13.4. The Morgan fingerprint density at radius 2 is 1.75 bits per heavy atom. The lowest BCUT2D eigenvalue weighted by atomic mass is 9.79. The monoisotopic (exact) mass is 282 g/mol. The number of hydrogen-bond donors (Lipinski definition) is 2. The van der Waals surface area contributed by atoms with Crippen LogP contribution in [0, 0.1) is 5.41 Å². The van der Waals surface area contributed by atoms with Gasteiger partial charge in [-0.15, -0.1) is 0 Å². The maximum atomic E-state index is 9.73. The van der Waals surface area contributed by atoms with Crippen molar-refractivity contribution in [2.75, 3.05) is 33.3 Å². The fraction of sp³-hybridized carbons (Fsp3) is 1.00. The molecule has 20 heavy (non-hydrogen) atoms. The first kappa shape index (κ1) is 16.3. The lowest BCUT2D eigenvalue weighted by molar-refractivity contribution is 0.0654. The summed E-state index contributed by atoms with van der Waals surface area (Å²) in [6.07, 6.45) is 13.5. The Morgan fingerprint density at radius 3 is 2.40 bits per heavy atom. The van der Waals surface area contributed by atoms with Crippen molar-refractivity contribution in [1.29, 1.82) is 0 Å². The third kappa shape index (κ3) is 4.44. The van der Waals surface area contributed by atoms with Crippen LogP contribution in [-0.2, 0) is 0 Å². The molecule has 1 atom stereocenters. The molecule has 2 fully saturated rings. The van der Waals surface area contributed by atoms with E-state index >= 15 is 0 Å². The molecule has 2 aliphatic rings. The highest BCUT2D eigenvalue weighted by atomic mass is 16.3. The summed E-state index contributed by atoms with van der Waals surface area (Å²) in [6, 6.07) is 0.412. The largest absolute Gasteiger partial charge is 0.395 e. The third-order valence-electron chi connectivity index (χ3n) is 5.46. The minimum absolute atomic E-state index is 0.343. The quantitative estimate of drug-likeness (QED) is 0.761. The second-order valence-corrected chi connectivity index (χ2v) is 7.10. The van der Waals surface area contributed by atoms with Crippen molar-refractivity contribution in [3.63, 3.8) is 0 Å². The SMILES string of the molecule is CNCC1(CN2CCCCCC2CO)CCCCCC1. The molecule has 1 unspecified atom stereocenters. The molecule has 1 saturated carbocycles. The lowest BCUT2D eigenvalue weighted by Crippen LogP contribution is -2.48. The van der Waals surface area contributed by atoms with Gasteiger partial charge in [-0.1, -0.05) is 38.5 Å². The van der Waals surface area contributed by atoms with Gasteiger partial charge in [0.2, 0.25) is 0 Å². The van der Waals surface area contributed by atoms with Crippen molar-refractivity contribution >= 4 is 0 Å². The van der Waals surface area contributed by atoms with E-state index in [1.54, 1.807) is 0 Å². The maximum Gasteiger partial charge on any atom is 0.0586 e. The number of nitrogens with zero attached hydrogens (tertiary/aromatic N) is 1. The summed E-state index contributed by atoms with van der Waals surface area (Å²) >= 11 is 0. The lowest BCUT2D eigenvalue weighted by Gasteiger charge is -2.40. The molecule has 118 valence electrons. The fourth-order valence-electron chi connectivity index (χ4n) is 4.33. The van der Waals surface area contributed by atoms with Crippen molar-refractivity contribution in [2.45, 2.75) is 70.3 Å². The summed E-state index contributed by atoms with van der Waals surface area (Å²) in [5.41, 5.74) is 0.447. The molecule has 1 aliphatic heterocycles. The van der Waals surface area contributed by atoms with Gasteiger partial charge in [-0.05, 0) is 44.7 Å². The van der Waals surface area contributed by atoms with Crippen molar-refractivity contribution in [3.8, 4) is 0 Å². The van der Waals surface area contributed by atoms with Crippen LogP contribution in [0.4, 0.5) is 0 Å². The van der Waals surface area contributed by atoms with Gasteiger partial charge in [0.05, 0.1) is 6.61 Å². The van der Waals surface area contributed by atoms with Gasteiger partial charge in [0.25, 0.3) is 0 Å². The van der Waals surface area contributed by atoms with Crippen LogP contribution in [0.3, 0.4) is 0 Å². The average Bonchev–Trinajstić information content (AvgIpc) is 2.80. The number of hydrogen-bond acceptors (Lipinski definition) is 3. The van der Waals surface area contributed by atoms with E-state index in [2.05, 4.69) is 17.3 Å². The Balaban J connectivity index is 2.04. The molecule has 0 bridgehead atoms. The van der Waals surface area contributed by atoms with Crippen LogP contribution in [-0.4, -0.2) is 49.3 Å². The van der Waals surface area contributed by atoms with Crippen molar-refractivity contribution < 1.29 is 5.11 Å². The smallest absolute Gasteiger partial charge is 0.0586 e. The Morgan fingerprint density at radius 1 is 1.05 bits per heavy atom. The summed E-state index contributed by atoms with van der Waals surface area (Å²) in [5, 5.41) is 13.2. The van der Waals surface area contributed by atoms with Gasteiger partial charge in [0, 0.05) is 19.1 Å². The van der Waals surface area contributed by atoms with E-state index in [0.717, 1.165) is 6.54 Å². The van der Waals surface area contributed by atoms with Crippen LogP contribution in [0.15, 0.2) is 0 Å². The first-order valence-electron chi connectivity index (χ1n) is 8.79. The van der Waals surface area contributed by atoms with Crippen molar-refractivity contribution in [2.24, 2.45) is 5.41 Å². The number of nitrogens with one attached hydrogen (secondary N) is 1. The molecule has 2 N–H and O–H groups in total. The summed E-state index contributed by atoms with van der Waals surface area (Å²) in [4.78, 5) is 2.62. The minimum atomic E-state index is 0.343. The van der Waals surface area contributed by atoms with Gasteiger partial charge >= 0.3 is 0 Å². The van der Waals surface area contributed by atoms with Gasteiger partial charge in [0.15, 0.2) is 0 Å². The van der Waals surface area contributed by atoms with Gasteiger partial charge < -0.3 is 10.4 Å². The van der Waals surface area contributed by atoms with Gasteiger partial charge in [-0.3, -0.25) is 4.90 Å². The van der Waals surface area contributed by atoms with E-state index in [1.807, 2.05) is 0 Å². The maximum absolute atomic E-state index is 9.73. The van der Waals surface area contributed by atoms with Crippen LogP contribution in [0.25, 0.3) is 0 Å². The minimum Gasteiger partial charge on any atom is -0.395 e. The van der Waals surface area contributed by atoms with Gasteiger partial charge in [-0.2, -0.15) is 0 Å². The second-order valence-electron chi connectivity index (χ2n) is 7.10. The van der Waals surface area contributed by atoms with Crippen LogP contribution >= 0.6 is 0 Å². The number of rotatable bonds is 5. The van der Waals surface area contributed by atoms with Crippen LogP contribution in [0.5, 0.6) is 0 Å². The standard InChI is InChI=1S/C17H34N2O/c1-18-14-17(10-6-2-3-7-11-17)15-19-12-8-4-5-9-16(19)13-20/h16,18,20H,2-15H2,1H3. The second kappa shape index (κ2) is 8.35. The normalized spacial score (nSPS) is 28.8. The first-order chi connectivity index (χ1) is 9.79. The van der Waals surface area contributed by atoms with E-state index in [9.17, 15) is 5.11 Å². The molecule has 0 spiro atoms. The van der Waals surface area contributed by atoms with E-state index in [-0.39, 0.29) is 0 Å². The summed E-state index contributed by atoms with van der Waals surface area (Å²) in [5.74, 6) is 0. The highest BCUT2D eigenvalue weighted by molar-refractivity contribution is 4.89. The molecule has 1 aliphatic carbocycles. The molecule has 0 aromatic heterocycles. The molecule has 0 amide bonds. The molecule has 3 nitrogen and oxygen atoms in total. The van der Waals surface area contributed by atoms with E-state index in [0.29, 0.717) is 18.1 Å². The molecule has 1 heterocycles. The van der Waals surface area contributed by atoms with Crippen molar-refractivity contribution in [3.05, 3.63) is 0 Å². The molecular formula is C17H34N2O.